The zero-order valence-electron chi connectivity index (χ0n) is 16.1. The highest BCUT2D eigenvalue weighted by atomic mass is 32.2. The number of thiophene rings is 1. The Morgan fingerprint density at radius 2 is 2.28 bits per heavy atom. The molecule has 29 heavy (non-hydrogen) atoms. The van der Waals surface area contributed by atoms with E-state index in [9.17, 15) is 9.59 Å². The number of thioether (sulfide) groups is 1. The number of H-pyrrole nitrogens is 1. The van der Waals surface area contributed by atoms with E-state index in [-0.39, 0.29) is 17.2 Å². The van der Waals surface area contributed by atoms with Crippen molar-refractivity contribution < 1.29 is 9.78 Å². The third-order valence-electron chi connectivity index (χ3n) is 4.95. The molecule has 4 rings (SSSR count). The van der Waals surface area contributed by atoms with Crippen LogP contribution in [0.5, 0.6) is 0 Å². The molecule has 0 aliphatic heterocycles. The first kappa shape index (κ1) is 19.8. The van der Waals surface area contributed by atoms with Crippen molar-refractivity contribution in [1.82, 2.24) is 14.9 Å². The van der Waals surface area contributed by atoms with E-state index in [2.05, 4.69) is 16.9 Å². The molecule has 3 aromatic rings. The van der Waals surface area contributed by atoms with Gasteiger partial charge in [-0.05, 0) is 37.3 Å². The third-order valence-corrected chi connectivity index (χ3v) is 7.11. The van der Waals surface area contributed by atoms with Gasteiger partial charge in [0, 0.05) is 29.6 Å². The number of hydrogen-bond donors (Lipinski definition) is 1. The normalized spacial score (nSPS) is 13.2. The van der Waals surface area contributed by atoms with Crippen LogP contribution >= 0.6 is 23.1 Å². The smallest absolute Gasteiger partial charge is 0.263 e. The van der Waals surface area contributed by atoms with Crippen LogP contribution in [0.2, 0.25) is 0 Å². The molecule has 0 radical (unpaired) electrons. The summed E-state index contributed by atoms with van der Waals surface area (Å²) in [5.41, 5.74) is 2.16. The largest absolute Gasteiger partial charge is 0.351 e. The van der Waals surface area contributed by atoms with Gasteiger partial charge in [-0.1, -0.05) is 17.8 Å². The van der Waals surface area contributed by atoms with E-state index in [1.165, 1.54) is 28.6 Å². The molecule has 0 saturated heterocycles. The van der Waals surface area contributed by atoms with Crippen molar-refractivity contribution in [2.75, 3.05) is 5.75 Å². The fraction of sp³-hybridized carbons (Fsp3) is 0.333. The average molecular weight is 428 g/mol. The van der Waals surface area contributed by atoms with Gasteiger partial charge < -0.3 is 5.32 Å². The van der Waals surface area contributed by atoms with Crippen molar-refractivity contribution in [3.63, 3.8) is 0 Å². The SMILES string of the molecule is C=CCn1c(SCC(=O)NCc2ccc[nH+]c2)nc2sc3c(c2c1=O)CCCC3. The Kier molecular flexibility index (Phi) is 6.10. The van der Waals surface area contributed by atoms with Crippen molar-refractivity contribution in [3.8, 4) is 0 Å². The third kappa shape index (κ3) is 4.28. The first-order chi connectivity index (χ1) is 14.2. The second-order valence-corrected chi connectivity index (χ2v) is 8.99. The highest BCUT2D eigenvalue weighted by molar-refractivity contribution is 7.99. The summed E-state index contributed by atoms with van der Waals surface area (Å²) < 4.78 is 1.64. The fourth-order valence-corrected chi connectivity index (χ4v) is 5.68. The number of amides is 1. The number of fused-ring (bicyclic) bond motifs is 3. The van der Waals surface area contributed by atoms with Crippen LogP contribution in [0.4, 0.5) is 0 Å². The lowest BCUT2D eigenvalue weighted by atomic mass is 9.97. The Morgan fingerprint density at radius 1 is 1.41 bits per heavy atom. The maximum Gasteiger partial charge on any atom is 0.263 e. The molecule has 0 aromatic carbocycles. The molecule has 8 heteroatoms. The predicted molar refractivity (Wildman–Crippen MR) is 116 cm³/mol. The van der Waals surface area contributed by atoms with Crippen LogP contribution < -0.4 is 15.9 Å². The second kappa shape index (κ2) is 8.92. The summed E-state index contributed by atoms with van der Waals surface area (Å²) in [5, 5.41) is 4.24. The van der Waals surface area contributed by atoms with Gasteiger partial charge in [0.15, 0.2) is 17.6 Å². The van der Waals surface area contributed by atoms with Crippen LogP contribution in [0.3, 0.4) is 0 Å². The molecule has 2 N–H and O–H groups in total. The zero-order valence-corrected chi connectivity index (χ0v) is 17.7. The van der Waals surface area contributed by atoms with Crippen molar-refractivity contribution in [1.29, 1.82) is 0 Å². The molecule has 0 fully saturated rings. The van der Waals surface area contributed by atoms with E-state index in [4.69, 9.17) is 4.98 Å². The molecule has 0 bridgehead atoms. The Hall–Kier alpha value is -2.45. The summed E-state index contributed by atoms with van der Waals surface area (Å²) in [6, 6.07) is 3.84. The van der Waals surface area contributed by atoms with Gasteiger partial charge in [-0.25, -0.2) is 9.97 Å². The number of hydrogen-bond acceptors (Lipinski definition) is 5. The van der Waals surface area contributed by atoms with Gasteiger partial charge in [0.25, 0.3) is 5.56 Å². The molecule has 6 nitrogen and oxygen atoms in total. The van der Waals surface area contributed by atoms with Gasteiger partial charge in [0.2, 0.25) is 5.91 Å². The highest BCUT2D eigenvalue weighted by Gasteiger charge is 2.22. The Labute approximate surface area is 177 Å². The van der Waals surface area contributed by atoms with Gasteiger partial charge in [0.1, 0.15) is 4.83 Å². The van der Waals surface area contributed by atoms with Crippen LogP contribution in [0, 0.1) is 0 Å². The Bertz CT molecular complexity index is 1110. The minimum atomic E-state index is -0.0937. The summed E-state index contributed by atoms with van der Waals surface area (Å²) in [4.78, 5) is 35.3. The fourth-order valence-electron chi connectivity index (χ4n) is 3.54. The molecule has 0 saturated carbocycles. The number of nitrogens with one attached hydrogen (secondary N) is 2. The summed E-state index contributed by atoms with van der Waals surface area (Å²) in [6.07, 6.45) is 9.64. The summed E-state index contributed by atoms with van der Waals surface area (Å²) in [7, 11) is 0. The number of carbonyl (C=O) groups excluding carboxylic acids is 1. The number of aromatic amines is 1. The molecule has 3 heterocycles. The molecule has 0 atom stereocenters. The molecule has 1 aliphatic rings. The van der Waals surface area contributed by atoms with E-state index in [1.807, 2.05) is 24.5 Å². The first-order valence-corrected chi connectivity index (χ1v) is 11.5. The quantitative estimate of drug-likeness (QED) is 0.357. The van der Waals surface area contributed by atoms with Crippen LogP contribution in [-0.4, -0.2) is 21.2 Å². The standard InChI is InChI=1S/C21H22N4O2S2/c1-2-10-25-20(27)18-15-7-3-4-8-16(15)29-19(18)24-21(25)28-13-17(26)23-12-14-6-5-9-22-11-14/h2,5-6,9,11H,1,3-4,7-8,10,12-13H2,(H,23,26)/p+1. The number of allylic oxidation sites excluding steroid dienone is 1. The van der Waals surface area contributed by atoms with Gasteiger partial charge in [-0.3, -0.25) is 14.2 Å². The van der Waals surface area contributed by atoms with Gasteiger partial charge in [0.05, 0.1) is 11.1 Å². The Morgan fingerprint density at radius 3 is 3.07 bits per heavy atom. The molecule has 0 spiro atoms. The molecule has 1 amide bonds. The number of pyridine rings is 1. The highest BCUT2D eigenvalue weighted by Crippen LogP contribution is 2.34. The number of aryl methyl sites for hydroxylation is 2. The minimum absolute atomic E-state index is 0.0166. The van der Waals surface area contributed by atoms with Crippen molar-refractivity contribution in [2.24, 2.45) is 0 Å². The van der Waals surface area contributed by atoms with E-state index in [0.717, 1.165) is 35.0 Å². The maximum absolute atomic E-state index is 13.2. The molecular weight excluding hydrogens is 404 g/mol. The minimum Gasteiger partial charge on any atom is -0.351 e. The molecular formula is C21H23N4O2S2+. The first-order valence-electron chi connectivity index (χ1n) is 9.68. The average Bonchev–Trinajstić information content (AvgIpc) is 3.12. The predicted octanol–water partition coefficient (Wildman–Crippen LogP) is 2.75. The monoisotopic (exact) mass is 427 g/mol. The van der Waals surface area contributed by atoms with Crippen LogP contribution in [-0.2, 0) is 30.7 Å². The lowest BCUT2D eigenvalue weighted by Crippen LogP contribution is -2.27. The Balaban J connectivity index is 1.54. The van der Waals surface area contributed by atoms with Crippen LogP contribution in [0.1, 0.15) is 28.8 Å². The van der Waals surface area contributed by atoms with Crippen molar-refractivity contribution in [3.05, 3.63) is 63.5 Å². The topological polar surface area (TPSA) is 78.1 Å². The number of nitrogens with zero attached hydrogens (tertiary/aromatic N) is 2. The van der Waals surface area contributed by atoms with Crippen molar-refractivity contribution in [2.45, 2.75) is 43.9 Å². The molecule has 150 valence electrons. The van der Waals surface area contributed by atoms with E-state index >= 15 is 0 Å². The maximum atomic E-state index is 13.2. The lowest BCUT2D eigenvalue weighted by molar-refractivity contribution is -0.378. The molecule has 1 aliphatic carbocycles. The summed E-state index contributed by atoms with van der Waals surface area (Å²) >= 11 is 2.93. The summed E-state index contributed by atoms with van der Waals surface area (Å²) in [5.74, 6) is 0.111. The van der Waals surface area contributed by atoms with E-state index < -0.39 is 0 Å². The van der Waals surface area contributed by atoms with Crippen molar-refractivity contribution >= 4 is 39.2 Å². The van der Waals surface area contributed by atoms with E-state index in [0.29, 0.717) is 18.2 Å². The zero-order chi connectivity index (χ0) is 20.2. The molecule has 0 unspecified atom stereocenters. The molecule has 3 aromatic heterocycles. The number of aromatic nitrogens is 3. The van der Waals surface area contributed by atoms with E-state index in [1.54, 1.807) is 22.0 Å². The van der Waals surface area contributed by atoms with Crippen LogP contribution in [0.15, 0.2) is 47.1 Å². The summed E-state index contributed by atoms with van der Waals surface area (Å²) in [6.45, 7) is 4.62. The number of rotatable bonds is 7. The lowest BCUT2D eigenvalue weighted by Gasteiger charge is -2.12. The van der Waals surface area contributed by atoms with Gasteiger partial charge in [-0.15, -0.1) is 17.9 Å². The van der Waals surface area contributed by atoms with Gasteiger partial charge >= 0.3 is 0 Å². The second-order valence-electron chi connectivity index (χ2n) is 6.97. The number of carbonyl (C=O) groups is 1. The van der Waals surface area contributed by atoms with Gasteiger partial charge in [-0.2, -0.15) is 0 Å². The van der Waals surface area contributed by atoms with Crippen LogP contribution in [0.25, 0.3) is 10.2 Å².